The molecule has 0 fully saturated rings. The van der Waals surface area contributed by atoms with Crippen LogP contribution < -0.4 is 10.5 Å². The quantitative estimate of drug-likeness (QED) is 0.904. The number of anilines is 1. The summed E-state index contributed by atoms with van der Waals surface area (Å²) in [5.41, 5.74) is 5.24. The number of sulfonamides is 1. The second kappa shape index (κ2) is 5.97. The van der Waals surface area contributed by atoms with Crippen LogP contribution in [0.15, 0.2) is 41.3 Å². The Labute approximate surface area is 125 Å². The van der Waals surface area contributed by atoms with E-state index >= 15 is 0 Å². The number of nitrogens with one attached hydrogen (secondary N) is 1. The van der Waals surface area contributed by atoms with Crippen LogP contribution in [0.3, 0.4) is 0 Å². The van der Waals surface area contributed by atoms with Crippen molar-refractivity contribution in [2.24, 2.45) is 5.73 Å². The Bertz CT molecular complexity index is 761. The summed E-state index contributed by atoms with van der Waals surface area (Å²) in [5, 5.41) is -0.107. The molecule has 2 rings (SSSR count). The smallest absolute Gasteiger partial charge is 0.262 e. The van der Waals surface area contributed by atoms with E-state index in [1.807, 2.05) is 4.72 Å². The molecule has 0 unspecified atom stereocenters. The average molecular weight is 333 g/mol. The lowest BCUT2D eigenvalue weighted by molar-refractivity contribution is 0.591. The predicted molar refractivity (Wildman–Crippen MR) is 76.5 cm³/mol. The number of rotatable bonds is 4. The molecular weight excluding hydrogens is 322 g/mol. The molecule has 0 aliphatic carbocycles. The number of benzene rings is 2. The van der Waals surface area contributed by atoms with Crippen molar-refractivity contribution in [1.82, 2.24) is 0 Å². The van der Waals surface area contributed by atoms with Gasteiger partial charge in [-0.2, -0.15) is 0 Å². The normalized spacial score (nSPS) is 11.4. The fourth-order valence-corrected chi connectivity index (χ4v) is 3.35. The molecule has 2 aromatic rings. The lowest BCUT2D eigenvalue weighted by Gasteiger charge is -2.13. The van der Waals surface area contributed by atoms with E-state index in [2.05, 4.69) is 0 Å². The van der Waals surface area contributed by atoms with E-state index in [0.717, 1.165) is 18.2 Å². The molecule has 0 saturated heterocycles. The van der Waals surface area contributed by atoms with Crippen molar-refractivity contribution in [1.29, 1.82) is 0 Å². The van der Waals surface area contributed by atoms with Gasteiger partial charge in [0, 0.05) is 6.54 Å². The molecule has 0 saturated carbocycles. The molecule has 0 aliphatic heterocycles. The van der Waals surface area contributed by atoms with Crippen LogP contribution in [-0.4, -0.2) is 8.42 Å². The summed E-state index contributed by atoms with van der Waals surface area (Å²) in [6.07, 6.45) is 0. The Morgan fingerprint density at radius 3 is 2.52 bits per heavy atom. The monoisotopic (exact) mass is 332 g/mol. The topological polar surface area (TPSA) is 72.2 Å². The van der Waals surface area contributed by atoms with E-state index in [1.165, 1.54) is 18.2 Å². The van der Waals surface area contributed by atoms with Crippen LogP contribution in [0.2, 0.25) is 5.02 Å². The third-order valence-electron chi connectivity index (χ3n) is 2.74. The SMILES string of the molecule is NCc1ccc(F)cc1S(=O)(=O)Nc1c(F)cccc1Cl. The second-order valence-corrected chi connectivity index (χ2v) is 6.22. The second-order valence-electron chi connectivity index (χ2n) is 4.16. The third-order valence-corrected chi connectivity index (χ3v) is 4.48. The van der Waals surface area contributed by atoms with Crippen molar-refractivity contribution < 1.29 is 17.2 Å². The molecule has 0 aliphatic rings. The van der Waals surface area contributed by atoms with Crippen molar-refractivity contribution in [3.8, 4) is 0 Å². The molecular formula is C13H11ClF2N2O2S. The van der Waals surface area contributed by atoms with Crippen molar-refractivity contribution in [2.75, 3.05) is 4.72 Å². The van der Waals surface area contributed by atoms with Gasteiger partial charge in [-0.3, -0.25) is 4.72 Å². The lowest BCUT2D eigenvalue weighted by atomic mass is 10.2. The maximum atomic E-state index is 13.6. The van der Waals surface area contributed by atoms with Gasteiger partial charge in [-0.15, -0.1) is 0 Å². The highest BCUT2D eigenvalue weighted by Crippen LogP contribution is 2.28. The Kier molecular flexibility index (Phi) is 4.46. The van der Waals surface area contributed by atoms with Gasteiger partial charge in [0.1, 0.15) is 17.3 Å². The summed E-state index contributed by atoms with van der Waals surface area (Å²) >= 11 is 5.76. The molecule has 0 bridgehead atoms. The number of hydrogen-bond acceptors (Lipinski definition) is 3. The maximum absolute atomic E-state index is 13.6. The van der Waals surface area contributed by atoms with E-state index in [9.17, 15) is 17.2 Å². The van der Waals surface area contributed by atoms with Crippen LogP contribution >= 0.6 is 11.6 Å². The van der Waals surface area contributed by atoms with Gasteiger partial charge < -0.3 is 5.73 Å². The summed E-state index contributed by atoms with van der Waals surface area (Å²) in [5.74, 6) is -1.58. The Balaban J connectivity index is 2.51. The molecule has 0 heterocycles. The summed E-state index contributed by atoms with van der Waals surface area (Å²) in [6, 6.07) is 6.89. The fourth-order valence-electron chi connectivity index (χ4n) is 1.73. The van der Waals surface area contributed by atoms with Crippen LogP contribution in [0.1, 0.15) is 5.56 Å². The molecule has 0 radical (unpaired) electrons. The number of para-hydroxylation sites is 1. The summed E-state index contributed by atoms with van der Waals surface area (Å²) in [6.45, 7) is -0.110. The minimum atomic E-state index is -4.22. The average Bonchev–Trinajstić information content (AvgIpc) is 2.43. The molecule has 0 aromatic heterocycles. The van der Waals surface area contributed by atoms with Crippen LogP contribution in [-0.2, 0) is 16.6 Å². The van der Waals surface area contributed by atoms with Gasteiger partial charge in [0.05, 0.1) is 9.92 Å². The van der Waals surface area contributed by atoms with Crippen LogP contribution in [0.5, 0.6) is 0 Å². The highest BCUT2D eigenvalue weighted by Gasteiger charge is 2.21. The molecule has 2 aromatic carbocycles. The van der Waals surface area contributed by atoms with Gasteiger partial charge >= 0.3 is 0 Å². The third kappa shape index (κ3) is 3.31. The molecule has 0 atom stereocenters. The largest absolute Gasteiger partial charge is 0.326 e. The van der Waals surface area contributed by atoms with Crippen molar-refractivity contribution in [3.05, 3.63) is 58.6 Å². The van der Waals surface area contributed by atoms with Gasteiger partial charge in [-0.25, -0.2) is 17.2 Å². The van der Waals surface area contributed by atoms with E-state index < -0.39 is 27.3 Å². The van der Waals surface area contributed by atoms with Gasteiger partial charge in [-0.05, 0) is 29.8 Å². The molecule has 0 amide bonds. The van der Waals surface area contributed by atoms with Crippen LogP contribution in [0, 0.1) is 11.6 Å². The van der Waals surface area contributed by atoms with Gasteiger partial charge in [0.2, 0.25) is 0 Å². The minimum Gasteiger partial charge on any atom is -0.326 e. The molecule has 21 heavy (non-hydrogen) atoms. The number of hydrogen-bond donors (Lipinski definition) is 2. The zero-order valence-electron chi connectivity index (χ0n) is 10.6. The van der Waals surface area contributed by atoms with E-state index in [0.29, 0.717) is 0 Å². The van der Waals surface area contributed by atoms with Crippen LogP contribution in [0.4, 0.5) is 14.5 Å². The highest BCUT2D eigenvalue weighted by molar-refractivity contribution is 7.92. The predicted octanol–water partition coefficient (Wildman–Crippen LogP) is 2.88. The standard InChI is InChI=1S/C13H11ClF2N2O2S/c14-10-2-1-3-11(16)13(10)18-21(19,20)12-6-9(15)5-4-8(12)7-17/h1-6,18H,7,17H2. The fraction of sp³-hybridized carbons (Fsp3) is 0.0769. The van der Waals surface area contributed by atoms with Gasteiger partial charge in [0.25, 0.3) is 10.0 Å². The number of nitrogens with two attached hydrogens (primary N) is 1. The summed E-state index contributed by atoms with van der Waals surface area (Å²) < 4.78 is 53.5. The zero-order chi connectivity index (χ0) is 15.6. The summed E-state index contributed by atoms with van der Waals surface area (Å²) in [4.78, 5) is -0.357. The number of halogens is 3. The molecule has 4 nitrogen and oxygen atoms in total. The van der Waals surface area contributed by atoms with E-state index in [4.69, 9.17) is 17.3 Å². The molecule has 3 N–H and O–H groups in total. The molecule has 112 valence electrons. The first-order valence-corrected chi connectivity index (χ1v) is 7.66. The van der Waals surface area contributed by atoms with Gasteiger partial charge in [0.15, 0.2) is 0 Å². The first kappa shape index (κ1) is 15.7. The highest BCUT2D eigenvalue weighted by atomic mass is 35.5. The van der Waals surface area contributed by atoms with Gasteiger partial charge in [-0.1, -0.05) is 23.7 Å². The molecule has 0 spiro atoms. The minimum absolute atomic E-state index is 0.107. The maximum Gasteiger partial charge on any atom is 0.262 e. The van der Waals surface area contributed by atoms with Crippen LogP contribution in [0.25, 0.3) is 0 Å². The first-order valence-electron chi connectivity index (χ1n) is 5.80. The lowest BCUT2D eigenvalue weighted by Crippen LogP contribution is -2.17. The first-order chi connectivity index (χ1) is 9.85. The Hall–Kier alpha value is -1.70. The zero-order valence-corrected chi connectivity index (χ0v) is 12.2. The molecule has 8 heteroatoms. The Morgan fingerprint density at radius 2 is 1.90 bits per heavy atom. The van der Waals surface area contributed by atoms with Crippen molar-refractivity contribution >= 4 is 27.3 Å². The van der Waals surface area contributed by atoms with E-state index in [1.54, 1.807) is 0 Å². The Morgan fingerprint density at radius 1 is 1.19 bits per heavy atom. The summed E-state index contributed by atoms with van der Waals surface area (Å²) in [7, 11) is -4.22. The van der Waals surface area contributed by atoms with Crippen molar-refractivity contribution in [3.63, 3.8) is 0 Å². The van der Waals surface area contributed by atoms with E-state index in [-0.39, 0.29) is 22.0 Å². The van der Waals surface area contributed by atoms with Crippen molar-refractivity contribution in [2.45, 2.75) is 11.4 Å².